The van der Waals surface area contributed by atoms with Crippen LogP contribution in [-0.2, 0) is 0 Å². The van der Waals surface area contributed by atoms with Crippen molar-refractivity contribution in [3.8, 4) is 0 Å². The van der Waals surface area contributed by atoms with Gasteiger partial charge in [-0.3, -0.25) is 5.32 Å². The minimum atomic E-state index is -0.314. The highest BCUT2D eigenvalue weighted by Crippen LogP contribution is 2.25. The minimum absolute atomic E-state index is 0.0149. The van der Waals surface area contributed by atoms with Gasteiger partial charge in [-0.1, -0.05) is 41.1 Å². The Hall–Kier alpha value is -1.70. The molecule has 0 saturated carbocycles. The molecule has 1 heterocycles. The highest BCUT2D eigenvalue weighted by Gasteiger charge is 2.17. The van der Waals surface area contributed by atoms with Crippen molar-refractivity contribution in [3.63, 3.8) is 0 Å². The Morgan fingerprint density at radius 3 is 2.81 bits per heavy atom. The summed E-state index contributed by atoms with van der Waals surface area (Å²) >= 11 is 7.49. The number of rotatable bonds is 5. The second-order valence-corrected chi connectivity index (χ2v) is 5.82. The molecule has 6 nitrogen and oxygen atoms in total. The molecule has 0 spiro atoms. The van der Waals surface area contributed by atoms with Gasteiger partial charge in [0.05, 0.1) is 6.04 Å². The van der Waals surface area contributed by atoms with Gasteiger partial charge in [-0.25, -0.2) is 4.79 Å². The van der Waals surface area contributed by atoms with Gasteiger partial charge in [0.2, 0.25) is 5.13 Å². The number of halogens is 1. The summed E-state index contributed by atoms with van der Waals surface area (Å²) in [4.78, 5) is 13.8. The molecule has 2 rings (SSSR count). The summed E-state index contributed by atoms with van der Waals surface area (Å²) in [6.45, 7) is 0.432. The van der Waals surface area contributed by atoms with Crippen molar-refractivity contribution in [3.05, 3.63) is 40.4 Å². The number of benzene rings is 1. The molecule has 0 fully saturated rings. The van der Waals surface area contributed by atoms with Crippen molar-refractivity contribution in [2.75, 3.05) is 26.0 Å². The van der Waals surface area contributed by atoms with Crippen LogP contribution in [-0.4, -0.2) is 41.8 Å². The molecule has 2 amide bonds. The Balaban J connectivity index is 1.98. The normalized spacial score (nSPS) is 12.2. The second kappa shape index (κ2) is 7.35. The van der Waals surface area contributed by atoms with Gasteiger partial charge in [-0.05, 0) is 25.7 Å². The van der Waals surface area contributed by atoms with Gasteiger partial charge in [-0.15, -0.1) is 10.2 Å². The van der Waals surface area contributed by atoms with Crippen LogP contribution in [0.4, 0.5) is 9.93 Å². The van der Waals surface area contributed by atoms with Crippen LogP contribution in [0.1, 0.15) is 11.6 Å². The molecule has 1 aromatic heterocycles. The molecule has 21 heavy (non-hydrogen) atoms. The largest absolute Gasteiger partial charge is 0.336 e. The third-order valence-electron chi connectivity index (χ3n) is 2.92. The van der Waals surface area contributed by atoms with Crippen molar-refractivity contribution in [1.82, 2.24) is 20.4 Å². The molecule has 0 bridgehead atoms. The van der Waals surface area contributed by atoms with E-state index in [1.165, 1.54) is 11.3 Å². The van der Waals surface area contributed by atoms with Crippen LogP contribution in [0, 0.1) is 0 Å². The third kappa shape index (κ3) is 4.38. The van der Waals surface area contributed by atoms with Crippen LogP contribution in [0.2, 0.25) is 5.02 Å². The Morgan fingerprint density at radius 2 is 2.19 bits per heavy atom. The molecule has 1 aromatic carbocycles. The molecular weight excluding hydrogens is 310 g/mol. The van der Waals surface area contributed by atoms with Crippen LogP contribution in [0.5, 0.6) is 0 Å². The van der Waals surface area contributed by atoms with Crippen LogP contribution in [0.15, 0.2) is 29.8 Å². The van der Waals surface area contributed by atoms with E-state index in [4.69, 9.17) is 11.6 Å². The predicted molar refractivity (Wildman–Crippen MR) is 84.8 cm³/mol. The number of aromatic nitrogens is 2. The first kappa shape index (κ1) is 15.7. The topological polar surface area (TPSA) is 70.2 Å². The van der Waals surface area contributed by atoms with E-state index < -0.39 is 0 Å². The van der Waals surface area contributed by atoms with E-state index in [1.807, 2.05) is 43.3 Å². The zero-order valence-electron chi connectivity index (χ0n) is 11.7. The van der Waals surface area contributed by atoms with Crippen molar-refractivity contribution < 1.29 is 4.79 Å². The van der Waals surface area contributed by atoms with Crippen molar-refractivity contribution in [2.45, 2.75) is 6.04 Å². The van der Waals surface area contributed by atoms with E-state index in [2.05, 4.69) is 20.8 Å². The lowest BCUT2D eigenvalue weighted by atomic mass is 10.1. The number of nitrogens with zero attached hydrogens (tertiary/aromatic N) is 3. The Labute approximate surface area is 132 Å². The van der Waals surface area contributed by atoms with Crippen molar-refractivity contribution in [1.29, 1.82) is 0 Å². The first-order valence-corrected chi connectivity index (χ1v) is 7.55. The molecular formula is C13H16ClN5OS. The molecule has 0 aliphatic carbocycles. The van der Waals surface area contributed by atoms with Gasteiger partial charge in [0, 0.05) is 11.6 Å². The van der Waals surface area contributed by atoms with Gasteiger partial charge in [0.25, 0.3) is 0 Å². The maximum Gasteiger partial charge on any atom is 0.321 e. The van der Waals surface area contributed by atoms with Gasteiger partial charge in [-0.2, -0.15) is 0 Å². The molecule has 112 valence electrons. The zero-order valence-corrected chi connectivity index (χ0v) is 13.3. The molecule has 0 saturated heterocycles. The molecule has 0 unspecified atom stereocenters. The number of anilines is 1. The average Bonchev–Trinajstić information content (AvgIpc) is 2.93. The summed E-state index contributed by atoms with van der Waals surface area (Å²) in [5.74, 6) is 0. The number of hydrogen-bond acceptors (Lipinski definition) is 5. The van der Waals surface area contributed by atoms with Crippen molar-refractivity contribution in [2.24, 2.45) is 0 Å². The molecule has 0 radical (unpaired) electrons. The molecule has 2 N–H and O–H groups in total. The molecule has 0 aliphatic rings. The summed E-state index contributed by atoms with van der Waals surface area (Å²) in [5.41, 5.74) is 2.53. The number of hydrogen-bond donors (Lipinski definition) is 2. The highest BCUT2D eigenvalue weighted by atomic mass is 35.5. The zero-order chi connectivity index (χ0) is 15.2. The number of carbonyl (C=O) groups excluding carboxylic acids is 1. The average molecular weight is 326 g/mol. The van der Waals surface area contributed by atoms with Crippen LogP contribution < -0.4 is 10.6 Å². The lowest BCUT2D eigenvalue weighted by molar-refractivity contribution is 0.243. The van der Waals surface area contributed by atoms with Crippen LogP contribution in [0.3, 0.4) is 0 Å². The lowest BCUT2D eigenvalue weighted by Crippen LogP contribution is -2.37. The maximum absolute atomic E-state index is 11.8. The Bertz CT molecular complexity index is 590. The first-order chi connectivity index (χ1) is 10.1. The third-order valence-corrected chi connectivity index (χ3v) is 3.87. The van der Waals surface area contributed by atoms with Gasteiger partial charge in [0.1, 0.15) is 5.51 Å². The second-order valence-electron chi connectivity index (χ2n) is 4.58. The standard InChI is InChI=1S/C13H16ClN5OS/c1-19(2)11(9-5-3-4-6-10(9)14)7-15-12(20)17-13-18-16-8-21-13/h3-6,8,11H,7H2,1-2H3,(H2,15,17,18,20)/t11-/m1/s1. The maximum atomic E-state index is 11.8. The number of likely N-dealkylation sites (N-methyl/N-ethyl adjacent to an activating group) is 1. The summed E-state index contributed by atoms with van der Waals surface area (Å²) < 4.78 is 0. The van der Waals surface area contributed by atoms with Gasteiger partial charge in [0.15, 0.2) is 0 Å². The van der Waals surface area contributed by atoms with E-state index in [1.54, 1.807) is 5.51 Å². The Kier molecular flexibility index (Phi) is 5.49. The molecule has 0 aliphatic heterocycles. The van der Waals surface area contributed by atoms with E-state index in [-0.39, 0.29) is 12.1 Å². The summed E-state index contributed by atoms with van der Waals surface area (Å²) in [7, 11) is 3.89. The van der Waals surface area contributed by atoms with E-state index in [0.29, 0.717) is 16.7 Å². The summed E-state index contributed by atoms with van der Waals surface area (Å²) in [6.07, 6.45) is 0. The van der Waals surface area contributed by atoms with E-state index in [9.17, 15) is 4.79 Å². The first-order valence-electron chi connectivity index (χ1n) is 6.30. The fraction of sp³-hybridized carbons (Fsp3) is 0.308. The van der Waals surface area contributed by atoms with Gasteiger partial charge < -0.3 is 10.2 Å². The molecule has 2 aromatic rings. The summed E-state index contributed by atoms with van der Waals surface area (Å²) in [5, 5.41) is 14.0. The van der Waals surface area contributed by atoms with Crippen LogP contribution >= 0.6 is 22.9 Å². The van der Waals surface area contributed by atoms with Crippen molar-refractivity contribution >= 4 is 34.1 Å². The lowest BCUT2D eigenvalue weighted by Gasteiger charge is -2.25. The quantitative estimate of drug-likeness (QED) is 0.886. The summed E-state index contributed by atoms with van der Waals surface area (Å²) in [6, 6.07) is 7.28. The fourth-order valence-electron chi connectivity index (χ4n) is 1.87. The number of carbonyl (C=O) groups is 1. The Morgan fingerprint density at radius 1 is 1.43 bits per heavy atom. The van der Waals surface area contributed by atoms with E-state index >= 15 is 0 Å². The number of nitrogens with one attached hydrogen (secondary N) is 2. The molecule has 1 atom stereocenters. The number of amides is 2. The SMILES string of the molecule is CN(C)[C@H](CNC(=O)Nc1nncs1)c1ccccc1Cl. The van der Waals surface area contributed by atoms with Crippen LogP contribution in [0.25, 0.3) is 0 Å². The predicted octanol–water partition coefficient (Wildman–Crippen LogP) is 2.62. The monoisotopic (exact) mass is 325 g/mol. The van der Waals surface area contributed by atoms with E-state index in [0.717, 1.165) is 5.56 Å². The minimum Gasteiger partial charge on any atom is -0.336 e. The highest BCUT2D eigenvalue weighted by molar-refractivity contribution is 7.13. The molecule has 8 heteroatoms. The smallest absolute Gasteiger partial charge is 0.321 e. The fourth-order valence-corrected chi connectivity index (χ4v) is 2.58. The number of urea groups is 1. The van der Waals surface area contributed by atoms with Gasteiger partial charge >= 0.3 is 6.03 Å².